The average molecular weight is 359 g/mol. The molecule has 0 aromatic heterocycles. The van der Waals surface area contributed by atoms with Crippen molar-refractivity contribution >= 4 is 10.0 Å². The second kappa shape index (κ2) is 8.13. The van der Waals surface area contributed by atoms with Crippen LogP contribution >= 0.6 is 0 Å². The van der Waals surface area contributed by atoms with Crippen molar-refractivity contribution in [2.24, 2.45) is 5.92 Å². The number of hydrogen-bond donors (Lipinski definition) is 2. The minimum Gasteiger partial charge on any atom is -0.396 e. The van der Waals surface area contributed by atoms with Crippen molar-refractivity contribution in [2.45, 2.75) is 43.0 Å². The molecule has 0 amide bonds. The molecule has 0 bridgehead atoms. The van der Waals surface area contributed by atoms with E-state index in [1.807, 2.05) is 42.5 Å². The van der Waals surface area contributed by atoms with Crippen LogP contribution in [0, 0.1) is 5.92 Å². The number of rotatable bonds is 6. The lowest BCUT2D eigenvalue weighted by atomic mass is 9.85. The number of benzene rings is 2. The van der Waals surface area contributed by atoms with Crippen molar-refractivity contribution in [1.82, 2.24) is 4.72 Å². The van der Waals surface area contributed by atoms with Crippen LogP contribution in [0.4, 0.5) is 0 Å². The molecule has 2 aromatic rings. The van der Waals surface area contributed by atoms with Crippen molar-refractivity contribution in [2.75, 3.05) is 6.61 Å². The Morgan fingerprint density at radius 3 is 2.08 bits per heavy atom. The molecular formula is C20H25NO3S. The topological polar surface area (TPSA) is 66.4 Å². The second-order valence-electron chi connectivity index (χ2n) is 6.74. The Morgan fingerprint density at radius 2 is 1.48 bits per heavy atom. The van der Waals surface area contributed by atoms with Crippen molar-refractivity contribution in [1.29, 1.82) is 0 Å². The molecule has 2 aromatic carbocycles. The lowest BCUT2D eigenvalue weighted by Gasteiger charge is -2.28. The molecule has 0 unspecified atom stereocenters. The summed E-state index contributed by atoms with van der Waals surface area (Å²) in [7, 11) is -3.49. The van der Waals surface area contributed by atoms with Crippen LogP contribution in [-0.4, -0.2) is 26.2 Å². The minimum atomic E-state index is -3.49. The quantitative estimate of drug-likeness (QED) is 0.828. The lowest BCUT2D eigenvalue weighted by Crippen LogP contribution is -2.37. The van der Waals surface area contributed by atoms with Gasteiger partial charge in [0.1, 0.15) is 0 Å². The lowest BCUT2D eigenvalue weighted by molar-refractivity contribution is 0.219. The third-order valence-corrected chi connectivity index (χ3v) is 6.51. The number of aliphatic hydroxyl groups is 1. The summed E-state index contributed by atoms with van der Waals surface area (Å²) >= 11 is 0. The van der Waals surface area contributed by atoms with E-state index >= 15 is 0 Å². The molecule has 1 fully saturated rings. The summed E-state index contributed by atoms with van der Waals surface area (Å²) in [4.78, 5) is 0.310. The number of hydrogen-bond acceptors (Lipinski definition) is 3. The molecule has 1 aliphatic rings. The first kappa shape index (κ1) is 18.1. The van der Waals surface area contributed by atoms with Gasteiger partial charge in [-0.15, -0.1) is 0 Å². The Balaban J connectivity index is 1.65. The van der Waals surface area contributed by atoms with Crippen LogP contribution in [0.1, 0.15) is 32.1 Å². The van der Waals surface area contributed by atoms with E-state index in [0.717, 1.165) is 43.2 Å². The second-order valence-corrected chi connectivity index (χ2v) is 8.46. The summed E-state index contributed by atoms with van der Waals surface area (Å²) in [5, 5.41) is 9.01. The highest BCUT2D eigenvalue weighted by Gasteiger charge is 2.25. The van der Waals surface area contributed by atoms with Crippen LogP contribution in [0.15, 0.2) is 59.5 Å². The summed E-state index contributed by atoms with van der Waals surface area (Å²) in [6.07, 6.45) is 4.44. The van der Waals surface area contributed by atoms with E-state index in [9.17, 15) is 8.42 Å². The monoisotopic (exact) mass is 359 g/mol. The zero-order chi connectivity index (χ0) is 17.7. The van der Waals surface area contributed by atoms with Gasteiger partial charge in [0.2, 0.25) is 10.0 Å². The van der Waals surface area contributed by atoms with Gasteiger partial charge >= 0.3 is 0 Å². The predicted octanol–water partition coefficient (Wildman–Crippen LogP) is 3.57. The maximum Gasteiger partial charge on any atom is 0.240 e. The molecule has 3 rings (SSSR count). The first-order valence-corrected chi connectivity index (χ1v) is 10.4. The van der Waals surface area contributed by atoms with Gasteiger partial charge in [0.05, 0.1) is 4.90 Å². The molecule has 1 aliphatic carbocycles. The van der Waals surface area contributed by atoms with Crippen LogP contribution in [0.3, 0.4) is 0 Å². The van der Waals surface area contributed by atoms with E-state index in [0.29, 0.717) is 10.8 Å². The van der Waals surface area contributed by atoms with Gasteiger partial charge in [-0.05, 0) is 61.3 Å². The molecule has 0 radical (unpaired) electrons. The molecule has 0 saturated heterocycles. The SMILES string of the molecule is O=S(=O)(NC1CCC(CCO)CC1)c1ccc(-c2ccccc2)cc1. The van der Waals surface area contributed by atoms with Gasteiger partial charge in [0.15, 0.2) is 0 Å². The number of aliphatic hydroxyl groups excluding tert-OH is 1. The molecular weight excluding hydrogens is 334 g/mol. The Bertz CT molecular complexity index is 764. The van der Waals surface area contributed by atoms with Gasteiger partial charge in [0.25, 0.3) is 0 Å². The van der Waals surface area contributed by atoms with Crippen LogP contribution < -0.4 is 4.72 Å². The van der Waals surface area contributed by atoms with E-state index in [1.54, 1.807) is 12.1 Å². The molecule has 2 N–H and O–H groups in total. The fraction of sp³-hybridized carbons (Fsp3) is 0.400. The molecule has 134 valence electrons. The van der Waals surface area contributed by atoms with E-state index < -0.39 is 10.0 Å². The molecule has 1 saturated carbocycles. The van der Waals surface area contributed by atoms with Crippen molar-refractivity contribution in [3.8, 4) is 11.1 Å². The normalized spacial score (nSPS) is 21.2. The maximum absolute atomic E-state index is 12.6. The van der Waals surface area contributed by atoms with Crippen LogP contribution in [0.2, 0.25) is 0 Å². The third-order valence-electron chi connectivity index (χ3n) is 4.98. The van der Waals surface area contributed by atoms with Crippen LogP contribution in [0.25, 0.3) is 11.1 Å². The fourth-order valence-electron chi connectivity index (χ4n) is 3.50. The Hall–Kier alpha value is -1.69. The number of nitrogens with one attached hydrogen (secondary N) is 1. The zero-order valence-electron chi connectivity index (χ0n) is 14.3. The maximum atomic E-state index is 12.6. The molecule has 0 aliphatic heterocycles. The molecule has 0 atom stereocenters. The Morgan fingerprint density at radius 1 is 0.880 bits per heavy atom. The molecule has 0 heterocycles. The molecule has 0 spiro atoms. The minimum absolute atomic E-state index is 0.00579. The van der Waals surface area contributed by atoms with E-state index in [4.69, 9.17) is 5.11 Å². The van der Waals surface area contributed by atoms with Gasteiger partial charge < -0.3 is 5.11 Å². The zero-order valence-corrected chi connectivity index (χ0v) is 15.1. The first-order valence-electron chi connectivity index (χ1n) is 8.87. The third kappa shape index (κ3) is 4.69. The Kier molecular flexibility index (Phi) is 5.89. The summed E-state index contributed by atoms with van der Waals surface area (Å²) in [5.41, 5.74) is 2.07. The highest BCUT2D eigenvalue weighted by Crippen LogP contribution is 2.28. The van der Waals surface area contributed by atoms with E-state index in [2.05, 4.69) is 4.72 Å². The Labute approximate surface area is 150 Å². The smallest absolute Gasteiger partial charge is 0.240 e. The molecule has 4 nitrogen and oxygen atoms in total. The number of sulfonamides is 1. The van der Waals surface area contributed by atoms with Gasteiger partial charge in [-0.1, -0.05) is 42.5 Å². The first-order chi connectivity index (χ1) is 12.1. The molecule has 25 heavy (non-hydrogen) atoms. The molecule has 5 heteroatoms. The van der Waals surface area contributed by atoms with Gasteiger partial charge in [0, 0.05) is 12.6 Å². The van der Waals surface area contributed by atoms with Crippen molar-refractivity contribution in [3.63, 3.8) is 0 Å². The van der Waals surface area contributed by atoms with Gasteiger partial charge in [-0.2, -0.15) is 0 Å². The summed E-state index contributed by atoms with van der Waals surface area (Å²) in [6, 6.07) is 16.9. The highest BCUT2D eigenvalue weighted by atomic mass is 32.2. The average Bonchev–Trinajstić information content (AvgIpc) is 2.64. The highest BCUT2D eigenvalue weighted by molar-refractivity contribution is 7.89. The standard InChI is InChI=1S/C20H25NO3S/c22-15-14-16-6-10-19(11-7-16)21-25(23,24)20-12-8-18(9-13-20)17-4-2-1-3-5-17/h1-5,8-9,12-13,16,19,21-22H,6-7,10-11,14-15H2. The van der Waals surface area contributed by atoms with E-state index in [-0.39, 0.29) is 12.6 Å². The predicted molar refractivity (Wildman–Crippen MR) is 99.6 cm³/mol. The van der Waals surface area contributed by atoms with Crippen molar-refractivity contribution in [3.05, 3.63) is 54.6 Å². The van der Waals surface area contributed by atoms with Crippen molar-refractivity contribution < 1.29 is 13.5 Å². The van der Waals surface area contributed by atoms with Gasteiger partial charge in [-0.25, -0.2) is 13.1 Å². The fourth-order valence-corrected chi connectivity index (χ4v) is 4.80. The van der Waals surface area contributed by atoms with Crippen LogP contribution in [-0.2, 0) is 10.0 Å². The largest absolute Gasteiger partial charge is 0.396 e. The van der Waals surface area contributed by atoms with Gasteiger partial charge in [-0.3, -0.25) is 0 Å². The van der Waals surface area contributed by atoms with Crippen LogP contribution in [0.5, 0.6) is 0 Å². The van der Waals surface area contributed by atoms with E-state index in [1.165, 1.54) is 0 Å². The summed E-state index contributed by atoms with van der Waals surface area (Å²) in [6.45, 7) is 0.217. The summed E-state index contributed by atoms with van der Waals surface area (Å²) in [5.74, 6) is 0.524. The summed E-state index contributed by atoms with van der Waals surface area (Å²) < 4.78 is 28.1.